The van der Waals surface area contributed by atoms with Crippen molar-refractivity contribution in [1.29, 1.82) is 0 Å². The van der Waals surface area contributed by atoms with Crippen molar-refractivity contribution in [2.45, 2.75) is 46.1 Å². The first-order valence-corrected chi connectivity index (χ1v) is 5.94. The smallest absolute Gasteiger partial charge is 0.0608 e. The Morgan fingerprint density at radius 1 is 1.29 bits per heavy atom. The SMILES string of the molecule is CC(C)CC(CN)C(O)C(C)C1CC1. The molecule has 3 N–H and O–H groups in total. The summed E-state index contributed by atoms with van der Waals surface area (Å²) in [5, 5.41) is 10.2. The molecule has 3 unspecified atom stereocenters. The summed E-state index contributed by atoms with van der Waals surface area (Å²) in [6.07, 6.45) is 3.47. The maximum absolute atomic E-state index is 10.2. The highest BCUT2D eigenvalue weighted by Gasteiger charge is 2.35. The van der Waals surface area contributed by atoms with Gasteiger partial charge in [0.05, 0.1) is 6.10 Å². The van der Waals surface area contributed by atoms with Crippen molar-refractivity contribution in [2.75, 3.05) is 6.54 Å². The minimum Gasteiger partial charge on any atom is -0.393 e. The van der Waals surface area contributed by atoms with Crippen LogP contribution in [0.4, 0.5) is 0 Å². The van der Waals surface area contributed by atoms with Gasteiger partial charge in [0.1, 0.15) is 0 Å². The molecule has 0 spiro atoms. The van der Waals surface area contributed by atoms with Crippen molar-refractivity contribution in [2.24, 2.45) is 29.4 Å². The highest BCUT2D eigenvalue weighted by atomic mass is 16.3. The van der Waals surface area contributed by atoms with Crippen LogP contribution < -0.4 is 5.73 Å². The molecule has 2 nitrogen and oxygen atoms in total. The molecule has 1 aliphatic rings. The zero-order valence-electron chi connectivity index (χ0n) is 9.74. The number of hydrogen-bond acceptors (Lipinski definition) is 2. The van der Waals surface area contributed by atoms with E-state index in [2.05, 4.69) is 20.8 Å². The lowest BCUT2D eigenvalue weighted by Gasteiger charge is -2.28. The van der Waals surface area contributed by atoms with E-state index < -0.39 is 0 Å². The van der Waals surface area contributed by atoms with Crippen LogP contribution in [0.3, 0.4) is 0 Å². The second kappa shape index (κ2) is 5.13. The number of aliphatic hydroxyl groups is 1. The monoisotopic (exact) mass is 199 g/mol. The van der Waals surface area contributed by atoms with E-state index in [9.17, 15) is 5.11 Å². The first-order chi connectivity index (χ1) is 6.56. The van der Waals surface area contributed by atoms with Crippen LogP contribution in [0.25, 0.3) is 0 Å². The van der Waals surface area contributed by atoms with Crippen molar-refractivity contribution >= 4 is 0 Å². The average molecular weight is 199 g/mol. The standard InChI is InChI=1S/C12H25NO/c1-8(2)6-11(7-13)12(14)9(3)10-4-5-10/h8-12,14H,4-7,13H2,1-3H3. The molecule has 1 fully saturated rings. The highest BCUT2D eigenvalue weighted by molar-refractivity contribution is 4.86. The number of rotatable bonds is 6. The van der Waals surface area contributed by atoms with Crippen LogP contribution >= 0.6 is 0 Å². The summed E-state index contributed by atoms with van der Waals surface area (Å²) in [5.74, 6) is 2.14. The number of aliphatic hydroxyl groups excluding tert-OH is 1. The lowest BCUT2D eigenvalue weighted by molar-refractivity contribution is 0.0426. The predicted octanol–water partition coefficient (Wildman–Crippen LogP) is 2.01. The Bertz CT molecular complexity index is 166. The summed E-state index contributed by atoms with van der Waals surface area (Å²) in [7, 11) is 0. The third-order valence-corrected chi connectivity index (χ3v) is 3.46. The summed E-state index contributed by atoms with van der Waals surface area (Å²) in [4.78, 5) is 0. The molecule has 0 aromatic carbocycles. The van der Waals surface area contributed by atoms with E-state index in [4.69, 9.17) is 5.73 Å². The Morgan fingerprint density at radius 2 is 1.86 bits per heavy atom. The molecule has 0 bridgehead atoms. The van der Waals surface area contributed by atoms with E-state index in [0.29, 0.717) is 24.3 Å². The molecule has 0 heterocycles. The molecule has 1 saturated carbocycles. The van der Waals surface area contributed by atoms with Gasteiger partial charge >= 0.3 is 0 Å². The minimum absolute atomic E-state index is 0.185. The van der Waals surface area contributed by atoms with Gasteiger partial charge in [0.2, 0.25) is 0 Å². The van der Waals surface area contributed by atoms with Gasteiger partial charge in [-0.1, -0.05) is 20.8 Å². The Labute approximate surface area is 87.9 Å². The first kappa shape index (κ1) is 12.0. The maximum atomic E-state index is 10.2. The van der Waals surface area contributed by atoms with Gasteiger partial charge in [0.15, 0.2) is 0 Å². The normalized spacial score (nSPS) is 23.6. The molecule has 0 amide bonds. The quantitative estimate of drug-likeness (QED) is 0.687. The van der Waals surface area contributed by atoms with E-state index in [1.54, 1.807) is 0 Å². The van der Waals surface area contributed by atoms with Crippen LogP contribution in [0, 0.1) is 23.7 Å². The summed E-state index contributed by atoms with van der Waals surface area (Å²) < 4.78 is 0. The number of nitrogens with two attached hydrogens (primary N) is 1. The molecule has 1 aliphatic carbocycles. The van der Waals surface area contributed by atoms with E-state index in [-0.39, 0.29) is 6.10 Å². The van der Waals surface area contributed by atoms with E-state index in [1.807, 2.05) is 0 Å². The predicted molar refractivity (Wildman–Crippen MR) is 59.9 cm³/mol. The first-order valence-electron chi connectivity index (χ1n) is 5.94. The van der Waals surface area contributed by atoms with Crippen LogP contribution in [-0.2, 0) is 0 Å². The molecule has 0 aromatic rings. The molecule has 84 valence electrons. The van der Waals surface area contributed by atoms with Gasteiger partial charge < -0.3 is 10.8 Å². The molecule has 0 saturated heterocycles. The molecule has 0 aliphatic heterocycles. The van der Waals surface area contributed by atoms with Crippen LogP contribution in [0.15, 0.2) is 0 Å². The molecule has 14 heavy (non-hydrogen) atoms. The number of hydrogen-bond donors (Lipinski definition) is 2. The second-order valence-electron chi connectivity index (χ2n) is 5.31. The second-order valence-corrected chi connectivity index (χ2v) is 5.31. The van der Waals surface area contributed by atoms with Gasteiger partial charge in [-0.25, -0.2) is 0 Å². The van der Waals surface area contributed by atoms with Gasteiger partial charge in [-0.3, -0.25) is 0 Å². The van der Waals surface area contributed by atoms with Crippen LogP contribution in [-0.4, -0.2) is 17.8 Å². The van der Waals surface area contributed by atoms with Crippen molar-refractivity contribution in [3.8, 4) is 0 Å². The summed E-state index contributed by atoms with van der Waals surface area (Å²) in [6.45, 7) is 7.18. The van der Waals surface area contributed by atoms with Crippen LogP contribution in [0.1, 0.15) is 40.0 Å². The van der Waals surface area contributed by atoms with Gasteiger partial charge in [-0.15, -0.1) is 0 Å². The van der Waals surface area contributed by atoms with Gasteiger partial charge in [-0.2, -0.15) is 0 Å². The zero-order valence-corrected chi connectivity index (χ0v) is 9.74. The van der Waals surface area contributed by atoms with E-state index in [0.717, 1.165) is 12.3 Å². The molecule has 0 radical (unpaired) electrons. The third-order valence-electron chi connectivity index (χ3n) is 3.46. The van der Waals surface area contributed by atoms with E-state index >= 15 is 0 Å². The minimum atomic E-state index is -0.185. The molecular weight excluding hydrogens is 174 g/mol. The summed E-state index contributed by atoms with van der Waals surface area (Å²) >= 11 is 0. The maximum Gasteiger partial charge on any atom is 0.0608 e. The molecule has 0 aromatic heterocycles. The van der Waals surface area contributed by atoms with Crippen LogP contribution in [0.5, 0.6) is 0 Å². The molecule has 2 heteroatoms. The topological polar surface area (TPSA) is 46.2 Å². The molecule has 3 atom stereocenters. The fourth-order valence-electron chi connectivity index (χ4n) is 2.31. The Hall–Kier alpha value is -0.0800. The summed E-state index contributed by atoms with van der Waals surface area (Å²) in [5.41, 5.74) is 5.72. The van der Waals surface area contributed by atoms with Gasteiger partial charge in [-0.05, 0) is 49.5 Å². The van der Waals surface area contributed by atoms with Crippen LogP contribution in [0.2, 0.25) is 0 Å². The Balaban J connectivity index is 2.40. The zero-order chi connectivity index (χ0) is 10.7. The molecular formula is C12H25NO. The highest BCUT2D eigenvalue weighted by Crippen LogP contribution is 2.40. The van der Waals surface area contributed by atoms with Crippen molar-refractivity contribution in [1.82, 2.24) is 0 Å². The van der Waals surface area contributed by atoms with E-state index in [1.165, 1.54) is 12.8 Å². The third kappa shape index (κ3) is 3.25. The van der Waals surface area contributed by atoms with Crippen molar-refractivity contribution < 1.29 is 5.11 Å². The lowest BCUT2D eigenvalue weighted by Crippen LogP contribution is -2.34. The van der Waals surface area contributed by atoms with Crippen molar-refractivity contribution in [3.63, 3.8) is 0 Å². The largest absolute Gasteiger partial charge is 0.393 e. The summed E-state index contributed by atoms with van der Waals surface area (Å²) in [6, 6.07) is 0. The molecule has 1 rings (SSSR count). The fraction of sp³-hybridized carbons (Fsp3) is 1.00. The lowest BCUT2D eigenvalue weighted by atomic mass is 9.84. The Kier molecular flexibility index (Phi) is 4.39. The van der Waals surface area contributed by atoms with Gasteiger partial charge in [0.25, 0.3) is 0 Å². The van der Waals surface area contributed by atoms with Crippen molar-refractivity contribution in [3.05, 3.63) is 0 Å². The average Bonchev–Trinajstić information content (AvgIpc) is 2.94. The fourth-order valence-corrected chi connectivity index (χ4v) is 2.31. The Morgan fingerprint density at radius 3 is 2.21 bits per heavy atom. The van der Waals surface area contributed by atoms with Gasteiger partial charge in [0, 0.05) is 0 Å².